The summed E-state index contributed by atoms with van der Waals surface area (Å²) < 4.78 is 75.7. The molecular weight excluding hydrogens is 558 g/mol. The number of nitrogens with one attached hydrogen (secondary N) is 1. The van der Waals surface area contributed by atoms with Gasteiger partial charge < -0.3 is 26.6 Å². The highest BCUT2D eigenvalue weighted by Crippen LogP contribution is 2.31. The minimum Gasteiger partial charge on any atom is -0.475 e. The highest BCUT2D eigenvalue weighted by atomic mass is 19.4. The molecule has 0 fully saturated rings. The number of aromatic nitrogens is 3. The van der Waals surface area contributed by atoms with E-state index in [0.717, 1.165) is 29.9 Å². The number of carbonyl (C=O) groups is 1. The van der Waals surface area contributed by atoms with Crippen molar-refractivity contribution >= 4 is 29.1 Å². The molecule has 0 amide bonds. The van der Waals surface area contributed by atoms with Gasteiger partial charge in [-0.3, -0.25) is 4.98 Å². The number of nitrogens with two attached hydrogens (primary N) is 2. The molecule has 0 unspecified atom stereocenters. The SMILES string of the molecule is Nc1ccc(CCc2cc(Nc3ccc(Oc4ccnc(C(F)(F)F)c4)cc3)nc(N)n2)cc1.O=C(O)C(F)(F)F. The highest BCUT2D eigenvalue weighted by molar-refractivity contribution is 5.73. The Bertz CT molecular complexity index is 1460. The second kappa shape index (κ2) is 12.8. The van der Waals surface area contributed by atoms with E-state index in [1.165, 1.54) is 6.07 Å². The van der Waals surface area contributed by atoms with Crippen LogP contribution in [0.25, 0.3) is 0 Å². The molecule has 41 heavy (non-hydrogen) atoms. The van der Waals surface area contributed by atoms with E-state index < -0.39 is 24.0 Å². The quantitative estimate of drug-likeness (QED) is 0.152. The fourth-order valence-electron chi connectivity index (χ4n) is 3.19. The zero-order valence-corrected chi connectivity index (χ0v) is 20.9. The average Bonchev–Trinajstić information content (AvgIpc) is 2.89. The number of halogens is 6. The third-order valence-corrected chi connectivity index (χ3v) is 5.07. The van der Waals surface area contributed by atoms with E-state index in [-0.39, 0.29) is 11.7 Å². The maximum Gasteiger partial charge on any atom is 0.490 e. The minimum absolute atomic E-state index is 0.0392. The summed E-state index contributed by atoms with van der Waals surface area (Å²) in [6.45, 7) is 0. The van der Waals surface area contributed by atoms with Crippen LogP contribution in [0.3, 0.4) is 0 Å². The zero-order chi connectivity index (χ0) is 30.2. The molecule has 0 radical (unpaired) electrons. The van der Waals surface area contributed by atoms with Crippen LogP contribution in [-0.4, -0.2) is 32.2 Å². The molecule has 0 spiro atoms. The number of carboxylic acids is 1. The molecule has 0 aliphatic carbocycles. The topological polar surface area (TPSA) is 149 Å². The van der Waals surface area contributed by atoms with Gasteiger partial charge in [0.15, 0.2) is 0 Å². The summed E-state index contributed by atoms with van der Waals surface area (Å²) in [7, 11) is 0. The molecule has 4 rings (SSSR count). The number of rotatable bonds is 7. The number of carboxylic acid groups (broad SMARTS) is 1. The number of pyridine rings is 1. The van der Waals surface area contributed by atoms with E-state index in [0.29, 0.717) is 29.4 Å². The lowest BCUT2D eigenvalue weighted by atomic mass is 10.1. The predicted octanol–water partition coefficient (Wildman–Crippen LogP) is 6.01. The Morgan fingerprint density at radius 2 is 1.49 bits per heavy atom. The number of alkyl halides is 6. The smallest absolute Gasteiger partial charge is 0.475 e. The number of benzene rings is 2. The van der Waals surface area contributed by atoms with Gasteiger partial charge in [-0.25, -0.2) is 9.78 Å². The first-order valence-electron chi connectivity index (χ1n) is 11.6. The second-order valence-electron chi connectivity index (χ2n) is 8.27. The third-order valence-electron chi connectivity index (χ3n) is 5.07. The van der Waals surface area contributed by atoms with Gasteiger partial charge in [0, 0.05) is 35.4 Å². The molecule has 2 heterocycles. The van der Waals surface area contributed by atoms with Crippen LogP contribution in [0.1, 0.15) is 17.0 Å². The van der Waals surface area contributed by atoms with E-state index in [9.17, 15) is 26.3 Å². The van der Waals surface area contributed by atoms with Crippen LogP contribution in [0.4, 0.5) is 49.5 Å². The second-order valence-corrected chi connectivity index (χ2v) is 8.27. The maximum atomic E-state index is 12.8. The summed E-state index contributed by atoms with van der Waals surface area (Å²) in [5.74, 6) is -1.67. The van der Waals surface area contributed by atoms with E-state index in [4.69, 9.17) is 26.1 Å². The third kappa shape index (κ3) is 9.87. The highest BCUT2D eigenvalue weighted by Gasteiger charge is 2.38. The van der Waals surface area contributed by atoms with Crippen molar-refractivity contribution in [2.75, 3.05) is 16.8 Å². The van der Waals surface area contributed by atoms with Crippen LogP contribution in [0.5, 0.6) is 11.5 Å². The van der Waals surface area contributed by atoms with Gasteiger partial charge in [-0.05, 0) is 60.9 Å². The Balaban J connectivity index is 0.000000587. The number of anilines is 4. The van der Waals surface area contributed by atoms with E-state index >= 15 is 0 Å². The molecule has 9 nitrogen and oxygen atoms in total. The Kier molecular flexibility index (Phi) is 9.55. The maximum absolute atomic E-state index is 12.8. The zero-order valence-electron chi connectivity index (χ0n) is 20.9. The molecular formula is C26H22F6N6O3. The first kappa shape index (κ1) is 30.5. The van der Waals surface area contributed by atoms with Crippen LogP contribution in [0, 0.1) is 0 Å². The molecule has 4 aromatic rings. The largest absolute Gasteiger partial charge is 0.490 e. The van der Waals surface area contributed by atoms with E-state index in [1.807, 2.05) is 30.3 Å². The van der Waals surface area contributed by atoms with Gasteiger partial charge in [0.1, 0.15) is 23.0 Å². The normalized spacial score (nSPS) is 11.3. The number of aliphatic carboxylic acids is 1. The Morgan fingerprint density at radius 3 is 2.07 bits per heavy atom. The van der Waals surface area contributed by atoms with Crippen molar-refractivity contribution < 1.29 is 41.0 Å². The lowest BCUT2D eigenvalue weighted by Crippen LogP contribution is -2.21. The number of nitrogens with zero attached hydrogens (tertiary/aromatic N) is 3. The molecule has 0 atom stereocenters. The Morgan fingerprint density at radius 1 is 0.854 bits per heavy atom. The van der Waals surface area contributed by atoms with Crippen molar-refractivity contribution in [2.24, 2.45) is 0 Å². The van der Waals surface area contributed by atoms with Gasteiger partial charge in [0.2, 0.25) is 5.95 Å². The molecule has 216 valence electrons. The molecule has 6 N–H and O–H groups in total. The van der Waals surface area contributed by atoms with Gasteiger partial charge in [0.05, 0.1) is 0 Å². The standard InChI is InChI=1S/C24H21F3N6O.C2HF3O2/c25-24(26,27)21-14-20(11-12-30-21)34-19-9-7-17(8-10-19)31-22-13-18(32-23(29)33-22)6-3-15-1-4-16(28)5-2-15;3-2(4,5)1(6)7/h1-2,4-5,7-14H,3,6,28H2,(H3,29,31,32,33);(H,6,7). The van der Waals surface area contributed by atoms with Gasteiger partial charge in [-0.1, -0.05) is 12.1 Å². The molecule has 0 aliphatic rings. The van der Waals surface area contributed by atoms with Gasteiger partial charge in [-0.2, -0.15) is 31.3 Å². The van der Waals surface area contributed by atoms with Crippen molar-refractivity contribution in [3.05, 3.63) is 89.9 Å². The van der Waals surface area contributed by atoms with Crippen molar-refractivity contribution in [3.8, 4) is 11.5 Å². The van der Waals surface area contributed by atoms with E-state index in [1.54, 1.807) is 24.3 Å². The lowest BCUT2D eigenvalue weighted by Gasteiger charge is -2.11. The van der Waals surface area contributed by atoms with Crippen LogP contribution in [-0.2, 0) is 23.8 Å². The first-order valence-corrected chi connectivity index (χ1v) is 11.6. The lowest BCUT2D eigenvalue weighted by molar-refractivity contribution is -0.192. The fourth-order valence-corrected chi connectivity index (χ4v) is 3.19. The van der Waals surface area contributed by atoms with E-state index in [2.05, 4.69) is 20.3 Å². The van der Waals surface area contributed by atoms with Gasteiger partial charge in [0.25, 0.3) is 0 Å². The summed E-state index contributed by atoms with van der Waals surface area (Å²) in [5, 5.41) is 10.3. The number of ether oxygens (including phenoxy) is 1. The Hall–Kier alpha value is -5.08. The summed E-state index contributed by atoms with van der Waals surface area (Å²) >= 11 is 0. The number of hydrogen-bond donors (Lipinski definition) is 4. The number of aryl methyl sites for hydroxylation is 2. The van der Waals surface area contributed by atoms with Crippen LogP contribution in [0.15, 0.2) is 72.9 Å². The molecule has 0 aliphatic heterocycles. The predicted molar refractivity (Wildman–Crippen MR) is 137 cm³/mol. The minimum atomic E-state index is -5.08. The monoisotopic (exact) mass is 580 g/mol. The summed E-state index contributed by atoms with van der Waals surface area (Å²) in [6.07, 6.45) is -7.13. The summed E-state index contributed by atoms with van der Waals surface area (Å²) in [5.41, 5.74) is 13.9. The van der Waals surface area contributed by atoms with Crippen molar-refractivity contribution in [2.45, 2.75) is 25.2 Å². The number of hydrogen-bond acceptors (Lipinski definition) is 8. The van der Waals surface area contributed by atoms with Crippen LogP contribution in [0.2, 0.25) is 0 Å². The number of nitrogen functional groups attached to an aromatic ring is 2. The van der Waals surface area contributed by atoms with Crippen LogP contribution >= 0.6 is 0 Å². The van der Waals surface area contributed by atoms with Crippen LogP contribution < -0.4 is 21.5 Å². The molecule has 0 bridgehead atoms. The van der Waals surface area contributed by atoms with Crippen molar-refractivity contribution in [1.82, 2.24) is 15.0 Å². The fraction of sp³-hybridized carbons (Fsp3) is 0.154. The van der Waals surface area contributed by atoms with Crippen molar-refractivity contribution in [1.29, 1.82) is 0 Å². The molecule has 0 saturated heterocycles. The van der Waals surface area contributed by atoms with Crippen molar-refractivity contribution in [3.63, 3.8) is 0 Å². The van der Waals surface area contributed by atoms with Gasteiger partial charge in [-0.15, -0.1) is 0 Å². The molecule has 2 aromatic heterocycles. The Labute approximate surface area is 228 Å². The summed E-state index contributed by atoms with van der Waals surface area (Å²) in [6, 6.07) is 18.4. The van der Waals surface area contributed by atoms with Gasteiger partial charge >= 0.3 is 18.3 Å². The first-order chi connectivity index (χ1) is 19.2. The molecule has 2 aromatic carbocycles. The molecule has 0 saturated carbocycles. The molecule has 15 heteroatoms. The average molecular weight is 580 g/mol. The summed E-state index contributed by atoms with van der Waals surface area (Å²) in [4.78, 5) is 20.7.